The van der Waals surface area contributed by atoms with Crippen LogP contribution in [0.2, 0.25) is 10.0 Å². The topological polar surface area (TPSA) is 64.6 Å². The number of hydrogen-bond acceptors (Lipinski definition) is 4. The molecule has 0 radical (unpaired) electrons. The summed E-state index contributed by atoms with van der Waals surface area (Å²) in [4.78, 5) is 24.2. The van der Waals surface area contributed by atoms with E-state index in [0.29, 0.717) is 21.5 Å². The molecule has 0 aliphatic carbocycles. The summed E-state index contributed by atoms with van der Waals surface area (Å²) in [6, 6.07) is 13.5. The molecule has 0 aliphatic rings. The van der Waals surface area contributed by atoms with Crippen LogP contribution in [0.4, 0.5) is 5.69 Å². The van der Waals surface area contributed by atoms with Gasteiger partial charge in [-0.2, -0.15) is 0 Å². The van der Waals surface area contributed by atoms with Crippen LogP contribution in [0.3, 0.4) is 0 Å². The zero-order valence-electron chi connectivity index (χ0n) is 13.7. The van der Waals surface area contributed by atoms with Gasteiger partial charge < -0.3 is 14.8 Å². The molecule has 25 heavy (non-hydrogen) atoms. The fourth-order valence-corrected chi connectivity index (χ4v) is 2.47. The third kappa shape index (κ3) is 5.96. The van der Waals surface area contributed by atoms with E-state index in [-0.39, 0.29) is 0 Å². The third-order valence-electron chi connectivity index (χ3n) is 3.18. The fourth-order valence-electron chi connectivity index (χ4n) is 1.94. The molecule has 132 valence electrons. The van der Waals surface area contributed by atoms with Crippen LogP contribution in [0.15, 0.2) is 48.5 Å². The van der Waals surface area contributed by atoms with Crippen LogP contribution in [0, 0.1) is 0 Å². The zero-order chi connectivity index (χ0) is 18.4. The minimum Gasteiger partial charge on any atom is -0.479 e. The second kappa shape index (κ2) is 8.74. The number of hydrogen-bond donors (Lipinski definition) is 1. The highest BCUT2D eigenvalue weighted by Gasteiger charge is 2.23. The predicted octanol–water partition coefficient (Wildman–Crippen LogP) is 4.33. The third-order valence-corrected chi connectivity index (χ3v) is 3.62. The van der Waals surface area contributed by atoms with Gasteiger partial charge in [-0.1, -0.05) is 41.4 Å². The van der Waals surface area contributed by atoms with Crippen LogP contribution in [0.1, 0.15) is 13.8 Å². The van der Waals surface area contributed by atoms with Crippen molar-refractivity contribution in [2.75, 3.05) is 5.32 Å². The van der Waals surface area contributed by atoms with Crippen molar-refractivity contribution in [3.05, 3.63) is 58.6 Å². The standard InChI is InChI=1S/C18H17Cl2NO4/c1-11(17(22)21-15-9-13(19)8-14(20)10-15)25-18(23)12(2)24-16-6-4-3-5-7-16/h3-12H,1-2H3,(H,21,22)/t11-,12+/m1/s1. The minimum absolute atomic E-state index is 0.386. The summed E-state index contributed by atoms with van der Waals surface area (Å²) in [6.07, 6.45) is -1.86. The largest absolute Gasteiger partial charge is 0.479 e. The van der Waals surface area contributed by atoms with Crippen LogP contribution in [0.5, 0.6) is 5.75 Å². The second-order valence-corrected chi connectivity index (χ2v) is 6.17. The Morgan fingerprint density at radius 1 is 0.960 bits per heavy atom. The molecule has 0 fully saturated rings. The van der Waals surface area contributed by atoms with Gasteiger partial charge >= 0.3 is 5.97 Å². The summed E-state index contributed by atoms with van der Waals surface area (Å²) in [5.74, 6) is -0.605. The maximum absolute atomic E-state index is 12.1. The lowest BCUT2D eigenvalue weighted by atomic mass is 10.3. The van der Waals surface area contributed by atoms with Gasteiger partial charge in [-0.15, -0.1) is 0 Å². The smallest absolute Gasteiger partial charge is 0.347 e. The van der Waals surface area contributed by atoms with Crippen molar-refractivity contribution < 1.29 is 19.1 Å². The Hall–Kier alpha value is -2.24. The summed E-state index contributed by atoms with van der Waals surface area (Å²) < 4.78 is 10.6. The van der Waals surface area contributed by atoms with Gasteiger partial charge in [0.1, 0.15) is 5.75 Å². The minimum atomic E-state index is -1.01. The average molecular weight is 382 g/mol. The summed E-state index contributed by atoms with van der Waals surface area (Å²) >= 11 is 11.8. The number of esters is 1. The Morgan fingerprint density at radius 2 is 1.56 bits per heavy atom. The summed E-state index contributed by atoms with van der Waals surface area (Å²) in [6.45, 7) is 3.02. The van der Waals surface area contributed by atoms with Crippen molar-refractivity contribution in [1.82, 2.24) is 0 Å². The lowest BCUT2D eigenvalue weighted by Crippen LogP contribution is -2.35. The monoisotopic (exact) mass is 381 g/mol. The average Bonchev–Trinajstić information content (AvgIpc) is 2.54. The number of anilines is 1. The van der Waals surface area contributed by atoms with Gasteiger partial charge in [0.15, 0.2) is 12.2 Å². The van der Waals surface area contributed by atoms with E-state index in [2.05, 4.69) is 5.32 Å². The molecule has 2 atom stereocenters. The molecule has 0 heterocycles. The lowest BCUT2D eigenvalue weighted by molar-refractivity contribution is -0.159. The summed E-state index contributed by atoms with van der Waals surface area (Å²) in [5, 5.41) is 3.36. The molecular formula is C18H17Cl2NO4. The van der Waals surface area contributed by atoms with Gasteiger partial charge in [0.2, 0.25) is 0 Å². The Morgan fingerprint density at radius 3 is 2.16 bits per heavy atom. The first-order valence-corrected chi connectivity index (χ1v) is 8.30. The van der Waals surface area contributed by atoms with Crippen molar-refractivity contribution in [3.8, 4) is 5.75 Å². The number of rotatable bonds is 6. The first-order chi connectivity index (χ1) is 11.8. The Labute approximate surface area is 155 Å². The second-order valence-electron chi connectivity index (χ2n) is 5.30. The number of carbonyl (C=O) groups is 2. The van der Waals surface area contributed by atoms with Crippen molar-refractivity contribution in [2.45, 2.75) is 26.1 Å². The van der Waals surface area contributed by atoms with Crippen molar-refractivity contribution in [3.63, 3.8) is 0 Å². The van der Waals surface area contributed by atoms with E-state index in [1.165, 1.54) is 6.92 Å². The number of benzene rings is 2. The van der Waals surface area contributed by atoms with Crippen LogP contribution in [0.25, 0.3) is 0 Å². The molecule has 0 aromatic heterocycles. The van der Waals surface area contributed by atoms with Crippen LogP contribution < -0.4 is 10.1 Å². The van der Waals surface area contributed by atoms with Crippen LogP contribution >= 0.6 is 23.2 Å². The molecule has 2 aromatic rings. The zero-order valence-corrected chi connectivity index (χ0v) is 15.2. The molecule has 0 bridgehead atoms. The molecule has 5 nitrogen and oxygen atoms in total. The Balaban J connectivity index is 1.90. The number of ether oxygens (including phenoxy) is 2. The van der Waals surface area contributed by atoms with Gasteiger partial charge in [-0.3, -0.25) is 4.79 Å². The van der Waals surface area contributed by atoms with Gasteiger partial charge in [0, 0.05) is 15.7 Å². The number of amides is 1. The van der Waals surface area contributed by atoms with Gasteiger partial charge in [-0.05, 0) is 44.2 Å². The Kier molecular flexibility index (Phi) is 6.67. The molecule has 1 N–H and O–H groups in total. The highest BCUT2D eigenvalue weighted by Crippen LogP contribution is 2.22. The summed E-state index contributed by atoms with van der Waals surface area (Å²) in [7, 11) is 0. The van der Waals surface area contributed by atoms with E-state index < -0.39 is 24.1 Å². The van der Waals surface area contributed by atoms with E-state index in [9.17, 15) is 9.59 Å². The van der Waals surface area contributed by atoms with Crippen LogP contribution in [-0.2, 0) is 14.3 Å². The van der Waals surface area contributed by atoms with E-state index >= 15 is 0 Å². The van der Waals surface area contributed by atoms with E-state index in [0.717, 1.165) is 0 Å². The SMILES string of the molecule is C[C@H](Oc1ccccc1)C(=O)O[C@H](C)C(=O)Nc1cc(Cl)cc(Cl)c1. The molecule has 2 aromatic carbocycles. The highest BCUT2D eigenvalue weighted by atomic mass is 35.5. The fraction of sp³-hybridized carbons (Fsp3) is 0.222. The predicted molar refractivity (Wildman–Crippen MR) is 97.2 cm³/mol. The molecular weight excluding hydrogens is 365 g/mol. The number of nitrogens with one attached hydrogen (secondary N) is 1. The normalized spacial score (nSPS) is 12.8. The molecule has 0 saturated heterocycles. The molecule has 0 aliphatic heterocycles. The molecule has 2 rings (SSSR count). The highest BCUT2D eigenvalue weighted by molar-refractivity contribution is 6.35. The number of halogens is 2. The first-order valence-electron chi connectivity index (χ1n) is 7.54. The number of para-hydroxylation sites is 1. The molecule has 7 heteroatoms. The molecule has 0 saturated carbocycles. The van der Waals surface area contributed by atoms with Crippen molar-refractivity contribution in [2.24, 2.45) is 0 Å². The molecule has 0 spiro atoms. The van der Waals surface area contributed by atoms with E-state index in [1.54, 1.807) is 49.4 Å². The van der Waals surface area contributed by atoms with Gasteiger partial charge in [-0.25, -0.2) is 4.79 Å². The van der Waals surface area contributed by atoms with Crippen LogP contribution in [-0.4, -0.2) is 24.1 Å². The van der Waals surface area contributed by atoms with Gasteiger partial charge in [0.25, 0.3) is 5.91 Å². The van der Waals surface area contributed by atoms with Crippen molar-refractivity contribution in [1.29, 1.82) is 0 Å². The molecule has 0 unspecified atom stereocenters. The maximum atomic E-state index is 12.1. The molecule has 1 amide bonds. The Bertz CT molecular complexity index is 732. The summed E-state index contributed by atoms with van der Waals surface area (Å²) in [5.41, 5.74) is 0.416. The number of carbonyl (C=O) groups excluding carboxylic acids is 2. The van der Waals surface area contributed by atoms with E-state index in [1.807, 2.05) is 6.07 Å². The van der Waals surface area contributed by atoms with E-state index in [4.69, 9.17) is 32.7 Å². The first kappa shape index (κ1) is 19.1. The maximum Gasteiger partial charge on any atom is 0.347 e. The van der Waals surface area contributed by atoms with Gasteiger partial charge in [0.05, 0.1) is 0 Å². The van der Waals surface area contributed by atoms with Crippen molar-refractivity contribution >= 4 is 40.8 Å². The lowest BCUT2D eigenvalue weighted by Gasteiger charge is -2.18. The quantitative estimate of drug-likeness (QED) is 0.756.